The summed E-state index contributed by atoms with van der Waals surface area (Å²) in [5.41, 5.74) is 2.15. The maximum Gasteiger partial charge on any atom is 0.165 e. The number of hydrogen-bond donors (Lipinski definition) is 0. The van der Waals surface area contributed by atoms with Crippen LogP contribution in [0.4, 0.5) is 0 Å². The van der Waals surface area contributed by atoms with E-state index >= 15 is 0 Å². The summed E-state index contributed by atoms with van der Waals surface area (Å²) in [5, 5.41) is 12.2. The predicted octanol–water partition coefficient (Wildman–Crippen LogP) is 0.973. The van der Waals surface area contributed by atoms with Crippen LogP contribution in [0.2, 0.25) is 0 Å². The first-order valence-electron chi connectivity index (χ1n) is 8.99. The SMILES string of the molecule is c1ccn2cc(CN3CCN(Cc4nnnn4C4CC4)CC3)nc2c1. The Balaban J connectivity index is 1.17. The van der Waals surface area contributed by atoms with E-state index in [0.29, 0.717) is 6.04 Å². The Morgan fingerprint density at radius 2 is 1.80 bits per heavy atom. The number of fused-ring (bicyclic) bond motifs is 1. The lowest BCUT2D eigenvalue weighted by atomic mass is 10.3. The number of aromatic nitrogens is 6. The summed E-state index contributed by atoms with van der Waals surface area (Å²) in [6.07, 6.45) is 6.61. The van der Waals surface area contributed by atoms with E-state index in [2.05, 4.69) is 35.9 Å². The number of pyridine rings is 1. The summed E-state index contributed by atoms with van der Waals surface area (Å²) in [6.45, 7) is 5.97. The molecule has 0 unspecified atom stereocenters. The fourth-order valence-electron chi connectivity index (χ4n) is 3.52. The second-order valence-electron chi connectivity index (χ2n) is 7.02. The highest BCUT2D eigenvalue weighted by atomic mass is 15.6. The molecular formula is C17H22N8. The van der Waals surface area contributed by atoms with Crippen molar-refractivity contribution < 1.29 is 0 Å². The van der Waals surface area contributed by atoms with Gasteiger partial charge in [-0.3, -0.25) is 9.80 Å². The molecule has 2 aliphatic rings. The molecule has 3 aromatic heterocycles. The summed E-state index contributed by atoms with van der Waals surface area (Å²) in [4.78, 5) is 9.63. The average molecular weight is 338 g/mol. The Kier molecular flexibility index (Phi) is 3.71. The molecule has 1 aliphatic carbocycles. The van der Waals surface area contributed by atoms with Crippen LogP contribution in [0.3, 0.4) is 0 Å². The molecule has 130 valence electrons. The van der Waals surface area contributed by atoms with Crippen molar-refractivity contribution in [2.24, 2.45) is 0 Å². The molecule has 0 amide bonds. The van der Waals surface area contributed by atoms with Crippen molar-refractivity contribution in [1.82, 2.24) is 39.4 Å². The first kappa shape index (κ1) is 15.0. The van der Waals surface area contributed by atoms with Gasteiger partial charge in [-0.05, 0) is 35.4 Å². The summed E-state index contributed by atoms with van der Waals surface area (Å²) in [7, 11) is 0. The molecule has 0 bridgehead atoms. The third-order valence-corrected chi connectivity index (χ3v) is 5.08. The molecule has 3 aromatic rings. The molecule has 8 heteroatoms. The van der Waals surface area contributed by atoms with Gasteiger partial charge < -0.3 is 4.40 Å². The average Bonchev–Trinajstić information content (AvgIpc) is 3.23. The minimum Gasteiger partial charge on any atom is -0.307 e. The summed E-state index contributed by atoms with van der Waals surface area (Å²) >= 11 is 0. The van der Waals surface area contributed by atoms with Crippen LogP contribution in [0, 0.1) is 0 Å². The van der Waals surface area contributed by atoms with Gasteiger partial charge in [-0.25, -0.2) is 9.67 Å². The molecule has 1 saturated carbocycles. The standard InChI is InChI=1S/C17H22N8/c1-2-6-24-12-14(18-16(24)3-1)11-22-7-9-23(10-8-22)13-17-19-20-21-25(17)15-4-5-15/h1-3,6,12,15H,4-5,7-11,13H2. The molecule has 8 nitrogen and oxygen atoms in total. The summed E-state index contributed by atoms with van der Waals surface area (Å²) in [5.74, 6) is 1.01. The van der Waals surface area contributed by atoms with Crippen LogP contribution < -0.4 is 0 Å². The third kappa shape index (κ3) is 3.14. The van der Waals surface area contributed by atoms with Crippen LogP contribution in [0.1, 0.15) is 30.4 Å². The second kappa shape index (κ2) is 6.20. The van der Waals surface area contributed by atoms with Gasteiger partial charge in [0, 0.05) is 45.1 Å². The number of hydrogen-bond acceptors (Lipinski definition) is 6. The van der Waals surface area contributed by atoms with Crippen molar-refractivity contribution >= 4 is 5.65 Å². The predicted molar refractivity (Wildman–Crippen MR) is 91.8 cm³/mol. The van der Waals surface area contributed by atoms with Gasteiger partial charge in [0.15, 0.2) is 5.82 Å². The Hall–Kier alpha value is -2.32. The van der Waals surface area contributed by atoms with E-state index in [1.54, 1.807) is 0 Å². The molecule has 1 saturated heterocycles. The largest absolute Gasteiger partial charge is 0.307 e. The zero-order valence-electron chi connectivity index (χ0n) is 14.2. The molecule has 0 spiro atoms. The van der Waals surface area contributed by atoms with Crippen molar-refractivity contribution in [3.63, 3.8) is 0 Å². The lowest BCUT2D eigenvalue weighted by molar-refractivity contribution is 0.117. The van der Waals surface area contributed by atoms with Crippen LogP contribution in [0.5, 0.6) is 0 Å². The van der Waals surface area contributed by atoms with E-state index in [1.165, 1.54) is 12.8 Å². The summed E-state index contributed by atoms with van der Waals surface area (Å²) in [6, 6.07) is 6.65. The van der Waals surface area contributed by atoms with Gasteiger partial charge >= 0.3 is 0 Å². The fraction of sp³-hybridized carbons (Fsp3) is 0.529. The number of imidazole rings is 1. The first-order valence-corrected chi connectivity index (χ1v) is 8.99. The molecule has 4 heterocycles. The minimum absolute atomic E-state index is 0.543. The monoisotopic (exact) mass is 338 g/mol. The fourth-order valence-corrected chi connectivity index (χ4v) is 3.52. The minimum atomic E-state index is 0.543. The number of tetrazole rings is 1. The van der Waals surface area contributed by atoms with Gasteiger partial charge in [0.2, 0.25) is 0 Å². The van der Waals surface area contributed by atoms with Crippen molar-refractivity contribution in [3.8, 4) is 0 Å². The first-order chi connectivity index (χ1) is 12.3. The Morgan fingerprint density at radius 3 is 2.56 bits per heavy atom. The Labute approximate surface area is 146 Å². The molecule has 25 heavy (non-hydrogen) atoms. The number of rotatable bonds is 5. The second-order valence-corrected chi connectivity index (χ2v) is 7.02. The van der Waals surface area contributed by atoms with E-state index in [4.69, 9.17) is 4.98 Å². The maximum absolute atomic E-state index is 4.70. The normalized spacial score (nSPS) is 19.7. The van der Waals surface area contributed by atoms with Crippen LogP contribution in [-0.2, 0) is 13.1 Å². The van der Waals surface area contributed by atoms with E-state index in [9.17, 15) is 0 Å². The molecule has 0 radical (unpaired) electrons. The van der Waals surface area contributed by atoms with Gasteiger partial charge in [0.25, 0.3) is 0 Å². The quantitative estimate of drug-likeness (QED) is 0.691. The van der Waals surface area contributed by atoms with E-state index in [-0.39, 0.29) is 0 Å². The van der Waals surface area contributed by atoms with Crippen molar-refractivity contribution in [2.45, 2.75) is 32.0 Å². The number of nitrogens with zero attached hydrogens (tertiary/aromatic N) is 8. The molecule has 2 fully saturated rings. The molecule has 0 atom stereocenters. The van der Waals surface area contributed by atoms with Gasteiger partial charge in [-0.1, -0.05) is 6.07 Å². The van der Waals surface area contributed by atoms with Crippen LogP contribution >= 0.6 is 0 Å². The zero-order valence-corrected chi connectivity index (χ0v) is 14.2. The van der Waals surface area contributed by atoms with Crippen molar-refractivity contribution in [1.29, 1.82) is 0 Å². The highest BCUT2D eigenvalue weighted by Crippen LogP contribution is 2.34. The van der Waals surface area contributed by atoms with E-state index in [1.807, 2.05) is 29.1 Å². The lowest BCUT2D eigenvalue weighted by Crippen LogP contribution is -2.45. The summed E-state index contributed by atoms with van der Waals surface area (Å²) < 4.78 is 4.10. The molecule has 0 aromatic carbocycles. The van der Waals surface area contributed by atoms with Crippen molar-refractivity contribution in [3.05, 3.63) is 42.1 Å². The maximum atomic E-state index is 4.70. The van der Waals surface area contributed by atoms with Gasteiger partial charge in [-0.2, -0.15) is 0 Å². The zero-order chi connectivity index (χ0) is 16.6. The van der Waals surface area contributed by atoms with Crippen LogP contribution in [0.15, 0.2) is 30.6 Å². The van der Waals surface area contributed by atoms with Gasteiger partial charge in [0.1, 0.15) is 5.65 Å². The van der Waals surface area contributed by atoms with Gasteiger partial charge in [0.05, 0.1) is 18.3 Å². The van der Waals surface area contributed by atoms with E-state index in [0.717, 1.165) is 56.4 Å². The molecular weight excluding hydrogens is 316 g/mol. The van der Waals surface area contributed by atoms with Crippen molar-refractivity contribution in [2.75, 3.05) is 26.2 Å². The lowest BCUT2D eigenvalue weighted by Gasteiger charge is -2.33. The Bertz CT molecular complexity index is 823. The highest BCUT2D eigenvalue weighted by molar-refractivity contribution is 5.39. The number of piperazine rings is 1. The highest BCUT2D eigenvalue weighted by Gasteiger charge is 2.28. The molecule has 0 N–H and O–H groups in total. The molecule has 5 rings (SSSR count). The Morgan fingerprint density at radius 1 is 1.00 bits per heavy atom. The van der Waals surface area contributed by atoms with Gasteiger partial charge in [-0.15, -0.1) is 5.10 Å². The smallest absolute Gasteiger partial charge is 0.165 e. The third-order valence-electron chi connectivity index (χ3n) is 5.08. The van der Waals surface area contributed by atoms with E-state index < -0.39 is 0 Å². The topological polar surface area (TPSA) is 67.4 Å². The van der Waals surface area contributed by atoms with Crippen LogP contribution in [0.25, 0.3) is 5.65 Å². The van der Waals surface area contributed by atoms with Crippen LogP contribution in [-0.4, -0.2) is 65.6 Å². The molecule has 1 aliphatic heterocycles.